The van der Waals surface area contributed by atoms with Crippen LogP contribution in [0.5, 0.6) is 0 Å². The van der Waals surface area contributed by atoms with Gasteiger partial charge < -0.3 is 4.90 Å². The largest absolute Gasteiger partial charge is 0.345 e. The number of carbonyl (C=O) groups is 1. The second-order valence-electron chi connectivity index (χ2n) is 2.50. The minimum absolute atomic E-state index is 0.277. The van der Waals surface area contributed by atoms with Crippen molar-refractivity contribution in [3.63, 3.8) is 0 Å². The predicted octanol–water partition coefficient (Wildman–Crippen LogP) is 0.860. The lowest BCUT2D eigenvalue weighted by Crippen LogP contribution is -2.19. The molecule has 1 heterocycles. The highest BCUT2D eigenvalue weighted by Crippen LogP contribution is 2.17. The fourth-order valence-corrected chi connectivity index (χ4v) is 1.49. The molecule has 1 fully saturated rings. The van der Waals surface area contributed by atoms with Crippen molar-refractivity contribution in [2.24, 2.45) is 5.92 Å². The van der Waals surface area contributed by atoms with Crippen LogP contribution in [0, 0.1) is 5.92 Å². The maximum absolute atomic E-state index is 10.8. The molecule has 0 aromatic rings. The highest BCUT2D eigenvalue weighted by atomic mass is 79.9. The van der Waals surface area contributed by atoms with Gasteiger partial charge in [0.25, 0.3) is 0 Å². The van der Waals surface area contributed by atoms with Gasteiger partial charge in [-0.25, -0.2) is 0 Å². The number of amides is 1. The molecule has 1 saturated heterocycles. The second-order valence-corrected chi connectivity index (χ2v) is 3.15. The van der Waals surface area contributed by atoms with E-state index in [0.717, 1.165) is 18.3 Å². The Balaban J connectivity index is 2.44. The first-order valence-electron chi connectivity index (χ1n) is 3.04. The number of alkyl halides is 1. The van der Waals surface area contributed by atoms with Crippen LogP contribution < -0.4 is 0 Å². The first-order chi connectivity index (χ1) is 4.24. The minimum atomic E-state index is 0.277. The topological polar surface area (TPSA) is 20.3 Å². The van der Waals surface area contributed by atoms with Crippen molar-refractivity contribution in [1.82, 2.24) is 4.90 Å². The van der Waals surface area contributed by atoms with Gasteiger partial charge in [0, 0.05) is 25.3 Å². The Morgan fingerprint density at radius 1 is 1.89 bits per heavy atom. The molecule has 0 N–H and O–H groups in total. The van der Waals surface area contributed by atoms with Gasteiger partial charge in [-0.3, -0.25) is 4.79 Å². The van der Waals surface area contributed by atoms with Gasteiger partial charge in [-0.2, -0.15) is 0 Å². The Hall–Kier alpha value is -0.0500. The van der Waals surface area contributed by atoms with Gasteiger partial charge in [-0.1, -0.05) is 15.9 Å². The SMILES string of the molecule is CN1C[C@H](CBr)CC1=O. The lowest BCUT2D eigenvalue weighted by Gasteiger charge is -2.06. The Kier molecular flexibility index (Phi) is 2.11. The van der Waals surface area contributed by atoms with Crippen LogP contribution in [0.15, 0.2) is 0 Å². The van der Waals surface area contributed by atoms with Crippen molar-refractivity contribution < 1.29 is 4.79 Å². The van der Waals surface area contributed by atoms with E-state index in [4.69, 9.17) is 0 Å². The molecule has 1 rings (SSSR count). The maximum atomic E-state index is 10.8. The molecule has 0 spiro atoms. The van der Waals surface area contributed by atoms with Crippen LogP contribution in [0.2, 0.25) is 0 Å². The standard InChI is InChI=1S/C6H10BrNO/c1-8-4-5(3-7)2-6(8)9/h5H,2-4H2,1H3/t5-/m0/s1. The molecule has 0 unspecified atom stereocenters. The van der Waals surface area contributed by atoms with Crippen molar-refractivity contribution in [2.75, 3.05) is 18.9 Å². The third kappa shape index (κ3) is 1.45. The molecule has 3 heteroatoms. The molecule has 1 aliphatic heterocycles. The average molecular weight is 192 g/mol. The second kappa shape index (κ2) is 2.69. The van der Waals surface area contributed by atoms with Crippen LogP contribution in [0.4, 0.5) is 0 Å². The van der Waals surface area contributed by atoms with E-state index in [9.17, 15) is 4.79 Å². The number of hydrogen-bond donors (Lipinski definition) is 0. The Labute approximate surface area is 63.3 Å². The molecule has 0 saturated carbocycles. The quantitative estimate of drug-likeness (QED) is 0.564. The lowest BCUT2D eigenvalue weighted by atomic mass is 10.2. The van der Waals surface area contributed by atoms with Crippen LogP contribution in [-0.4, -0.2) is 29.7 Å². The Morgan fingerprint density at radius 2 is 2.56 bits per heavy atom. The van der Waals surface area contributed by atoms with Gasteiger partial charge in [0.05, 0.1) is 0 Å². The summed E-state index contributed by atoms with van der Waals surface area (Å²) in [5.41, 5.74) is 0. The van der Waals surface area contributed by atoms with Crippen LogP contribution in [-0.2, 0) is 4.79 Å². The number of carbonyl (C=O) groups excluding carboxylic acids is 1. The minimum Gasteiger partial charge on any atom is -0.345 e. The van der Waals surface area contributed by atoms with Gasteiger partial charge in [-0.15, -0.1) is 0 Å². The number of likely N-dealkylation sites (tertiary alicyclic amines) is 1. The summed E-state index contributed by atoms with van der Waals surface area (Å²) in [7, 11) is 1.85. The van der Waals surface area contributed by atoms with Crippen LogP contribution in [0.1, 0.15) is 6.42 Å². The predicted molar refractivity (Wildman–Crippen MR) is 39.5 cm³/mol. The summed E-state index contributed by atoms with van der Waals surface area (Å²) in [4.78, 5) is 12.6. The van der Waals surface area contributed by atoms with E-state index >= 15 is 0 Å². The van der Waals surface area contributed by atoms with Crippen molar-refractivity contribution in [1.29, 1.82) is 0 Å². The summed E-state index contributed by atoms with van der Waals surface area (Å²) in [6.45, 7) is 0.921. The smallest absolute Gasteiger partial charge is 0.222 e. The molecule has 0 aromatic heterocycles. The first-order valence-corrected chi connectivity index (χ1v) is 4.16. The van der Waals surface area contributed by atoms with Crippen molar-refractivity contribution in [3.8, 4) is 0 Å². The summed E-state index contributed by atoms with van der Waals surface area (Å²) in [6, 6.07) is 0. The highest BCUT2D eigenvalue weighted by Gasteiger charge is 2.25. The number of halogens is 1. The van der Waals surface area contributed by atoms with Gasteiger partial charge in [0.2, 0.25) is 5.91 Å². The van der Waals surface area contributed by atoms with Crippen LogP contribution >= 0.6 is 15.9 Å². The summed E-state index contributed by atoms with van der Waals surface area (Å²) >= 11 is 3.35. The molecule has 0 bridgehead atoms. The number of nitrogens with zero attached hydrogens (tertiary/aromatic N) is 1. The zero-order valence-corrected chi connectivity index (χ0v) is 7.02. The molecule has 2 nitrogen and oxygen atoms in total. The van der Waals surface area contributed by atoms with E-state index in [-0.39, 0.29) is 5.91 Å². The Morgan fingerprint density at radius 3 is 2.78 bits per heavy atom. The van der Waals surface area contributed by atoms with E-state index in [1.807, 2.05) is 7.05 Å². The van der Waals surface area contributed by atoms with Gasteiger partial charge in [-0.05, 0) is 5.92 Å². The van der Waals surface area contributed by atoms with E-state index in [2.05, 4.69) is 15.9 Å². The van der Waals surface area contributed by atoms with E-state index in [0.29, 0.717) is 5.92 Å². The van der Waals surface area contributed by atoms with E-state index in [1.54, 1.807) is 4.90 Å². The Bertz CT molecular complexity index is 126. The third-order valence-electron chi connectivity index (χ3n) is 1.64. The van der Waals surface area contributed by atoms with Gasteiger partial charge in [0.15, 0.2) is 0 Å². The van der Waals surface area contributed by atoms with E-state index < -0.39 is 0 Å². The van der Waals surface area contributed by atoms with Crippen molar-refractivity contribution in [2.45, 2.75) is 6.42 Å². The maximum Gasteiger partial charge on any atom is 0.222 e. The fraction of sp³-hybridized carbons (Fsp3) is 0.833. The molecule has 52 valence electrons. The van der Waals surface area contributed by atoms with Crippen molar-refractivity contribution in [3.05, 3.63) is 0 Å². The number of hydrogen-bond acceptors (Lipinski definition) is 1. The molecule has 1 atom stereocenters. The fourth-order valence-electron chi connectivity index (χ4n) is 1.06. The normalized spacial score (nSPS) is 27.6. The van der Waals surface area contributed by atoms with Crippen LogP contribution in [0.25, 0.3) is 0 Å². The average Bonchev–Trinajstić information content (AvgIpc) is 2.13. The zero-order valence-electron chi connectivity index (χ0n) is 5.43. The number of rotatable bonds is 1. The molecule has 1 aliphatic rings. The highest BCUT2D eigenvalue weighted by molar-refractivity contribution is 9.09. The van der Waals surface area contributed by atoms with Gasteiger partial charge in [0.1, 0.15) is 0 Å². The zero-order chi connectivity index (χ0) is 6.85. The van der Waals surface area contributed by atoms with E-state index in [1.165, 1.54) is 0 Å². The molecule has 0 aromatic carbocycles. The lowest BCUT2D eigenvalue weighted by molar-refractivity contribution is -0.126. The summed E-state index contributed by atoms with van der Waals surface area (Å²) in [5.74, 6) is 0.821. The third-order valence-corrected chi connectivity index (χ3v) is 2.56. The monoisotopic (exact) mass is 191 g/mol. The molecular formula is C6H10BrNO. The van der Waals surface area contributed by atoms with Crippen LogP contribution in [0.3, 0.4) is 0 Å². The summed E-state index contributed by atoms with van der Waals surface area (Å²) < 4.78 is 0. The molecular weight excluding hydrogens is 182 g/mol. The molecule has 0 radical (unpaired) electrons. The summed E-state index contributed by atoms with van der Waals surface area (Å²) in [5, 5.41) is 0.948. The molecule has 0 aliphatic carbocycles. The van der Waals surface area contributed by atoms with Crippen molar-refractivity contribution >= 4 is 21.8 Å². The first kappa shape index (κ1) is 7.06. The van der Waals surface area contributed by atoms with Gasteiger partial charge >= 0.3 is 0 Å². The molecule has 9 heavy (non-hydrogen) atoms. The molecule has 1 amide bonds. The summed E-state index contributed by atoms with van der Waals surface area (Å²) in [6.07, 6.45) is 0.724.